The van der Waals surface area contributed by atoms with E-state index in [1.807, 2.05) is 6.07 Å². The highest BCUT2D eigenvalue weighted by Gasteiger charge is 2.06. The minimum atomic E-state index is 0.774. The normalized spacial score (nSPS) is 11.0. The van der Waals surface area contributed by atoms with Gasteiger partial charge in [-0.15, -0.1) is 0 Å². The Balaban J connectivity index is 1.97. The van der Waals surface area contributed by atoms with Crippen LogP contribution in [0, 0.1) is 0 Å². The molecule has 1 aromatic rings. The maximum atomic E-state index is 5.83. The minimum Gasteiger partial charge on any atom is -0.490 e. The Hall–Kier alpha value is -0.960. The highest BCUT2D eigenvalue weighted by Crippen LogP contribution is 2.22. The van der Waals surface area contributed by atoms with Gasteiger partial charge >= 0.3 is 0 Å². The van der Waals surface area contributed by atoms with Crippen molar-refractivity contribution in [3.8, 4) is 5.75 Å². The van der Waals surface area contributed by atoms with Crippen molar-refractivity contribution in [2.24, 2.45) is 0 Å². The molecule has 0 aliphatic heterocycles. The van der Waals surface area contributed by atoms with Gasteiger partial charge in [-0.3, -0.25) is 0 Å². The lowest BCUT2D eigenvalue weighted by atomic mass is 10.1. The quantitative estimate of drug-likeness (QED) is 0.385. The number of rotatable bonds is 15. The van der Waals surface area contributed by atoms with Crippen molar-refractivity contribution in [2.75, 3.05) is 19.8 Å². The van der Waals surface area contributed by atoms with Gasteiger partial charge in [0.2, 0.25) is 0 Å². The number of hydrogen-bond donors (Lipinski definition) is 0. The second-order valence-electron chi connectivity index (χ2n) is 5.89. The molecule has 0 aliphatic carbocycles. The molecular weight excluding hydrogens is 276 g/mol. The zero-order valence-electron chi connectivity index (χ0n) is 14.6. The van der Waals surface area contributed by atoms with E-state index in [4.69, 9.17) is 13.9 Å². The largest absolute Gasteiger partial charge is 0.490 e. The lowest BCUT2D eigenvalue weighted by molar-refractivity contribution is 0.125. The van der Waals surface area contributed by atoms with Gasteiger partial charge in [0.25, 0.3) is 0 Å². The predicted octanol–water partition coefficient (Wildman–Crippen LogP) is 5.77. The first-order chi connectivity index (χ1) is 10.9. The lowest BCUT2D eigenvalue weighted by Crippen LogP contribution is -2.01. The molecule has 0 fully saturated rings. The maximum Gasteiger partial charge on any atom is 0.160 e. The average Bonchev–Trinajstić information content (AvgIpc) is 2.97. The molecule has 0 aliphatic rings. The average molecular weight is 310 g/mol. The van der Waals surface area contributed by atoms with Gasteiger partial charge in [-0.2, -0.15) is 0 Å². The number of hydrogen-bond acceptors (Lipinski definition) is 3. The van der Waals surface area contributed by atoms with Crippen molar-refractivity contribution in [1.29, 1.82) is 0 Å². The smallest absolute Gasteiger partial charge is 0.160 e. The van der Waals surface area contributed by atoms with Gasteiger partial charge in [0.1, 0.15) is 5.76 Å². The van der Waals surface area contributed by atoms with E-state index < -0.39 is 0 Å². The van der Waals surface area contributed by atoms with Crippen LogP contribution in [-0.4, -0.2) is 19.8 Å². The Morgan fingerprint density at radius 1 is 0.818 bits per heavy atom. The fraction of sp³-hybridized carbons (Fsp3) is 0.789. The molecule has 1 heterocycles. The van der Waals surface area contributed by atoms with Crippen molar-refractivity contribution in [2.45, 2.75) is 78.1 Å². The standard InChI is InChI=1S/C19H34O3/c1-3-5-8-12-18-19(13-17-22-18)21-16-11-7-10-15-20-14-9-6-4-2/h13,17H,3-12,14-16H2,1-2H3. The number of furan rings is 1. The first kappa shape index (κ1) is 19.1. The monoisotopic (exact) mass is 310 g/mol. The minimum absolute atomic E-state index is 0.774. The topological polar surface area (TPSA) is 31.6 Å². The van der Waals surface area contributed by atoms with Gasteiger partial charge in [-0.1, -0.05) is 39.5 Å². The van der Waals surface area contributed by atoms with Crippen LogP contribution >= 0.6 is 0 Å². The molecule has 0 atom stereocenters. The van der Waals surface area contributed by atoms with Crippen LogP contribution in [-0.2, 0) is 11.2 Å². The van der Waals surface area contributed by atoms with Crippen molar-refractivity contribution in [3.63, 3.8) is 0 Å². The van der Waals surface area contributed by atoms with Gasteiger partial charge in [0.15, 0.2) is 5.75 Å². The molecule has 0 unspecified atom stereocenters. The summed E-state index contributed by atoms with van der Waals surface area (Å²) < 4.78 is 16.9. The highest BCUT2D eigenvalue weighted by molar-refractivity contribution is 5.24. The van der Waals surface area contributed by atoms with E-state index in [0.717, 1.165) is 57.0 Å². The second kappa shape index (κ2) is 13.7. The highest BCUT2D eigenvalue weighted by atomic mass is 16.5. The molecule has 128 valence electrons. The molecule has 0 spiro atoms. The van der Waals surface area contributed by atoms with Crippen molar-refractivity contribution in [3.05, 3.63) is 18.1 Å². The Bertz CT molecular complexity index is 346. The molecule has 3 nitrogen and oxygen atoms in total. The van der Waals surface area contributed by atoms with Crippen LogP contribution in [0.2, 0.25) is 0 Å². The molecular formula is C19H34O3. The third-order valence-corrected chi connectivity index (χ3v) is 3.79. The van der Waals surface area contributed by atoms with Gasteiger partial charge in [0.05, 0.1) is 12.9 Å². The first-order valence-corrected chi connectivity index (χ1v) is 9.15. The van der Waals surface area contributed by atoms with Crippen LogP contribution in [0.1, 0.15) is 77.4 Å². The molecule has 0 aromatic carbocycles. The summed E-state index contributed by atoms with van der Waals surface area (Å²) in [5.74, 6) is 1.94. The Morgan fingerprint density at radius 3 is 2.27 bits per heavy atom. The number of ether oxygens (including phenoxy) is 2. The molecule has 0 bridgehead atoms. The maximum absolute atomic E-state index is 5.83. The summed E-state index contributed by atoms with van der Waals surface area (Å²) in [6.07, 6.45) is 13.5. The van der Waals surface area contributed by atoms with Crippen molar-refractivity contribution >= 4 is 0 Å². The molecule has 3 heteroatoms. The van der Waals surface area contributed by atoms with Crippen LogP contribution in [0.5, 0.6) is 5.75 Å². The summed E-state index contributed by atoms with van der Waals surface area (Å²) in [4.78, 5) is 0. The molecule has 0 N–H and O–H groups in total. The Kier molecular flexibility index (Phi) is 11.9. The summed E-state index contributed by atoms with van der Waals surface area (Å²) >= 11 is 0. The molecule has 1 aromatic heterocycles. The van der Waals surface area contributed by atoms with E-state index in [1.54, 1.807) is 6.26 Å². The molecule has 0 amide bonds. The molecule has 22 heavy (non-hydrogen) atoms. The summed E-state index contributed by atoms with van der Waals surface area (Å²) in [5.41, 5.74) is 0. The van der Waals surface area contributed by atoms with E-state index >= 15 is 0 Å². The summed E-state index contributed by atoms with van der Waals surface area (Å²) in [6.45, 7) is 7.01. The third kappa shape index (κ3) is 9.14. The van der Waals surface area contributed by atoms with Crippen LogP contribution in [0.3, 0.4) is 0 Å². The second-order valence-corrected chi connectivity index (χ2v) is 5.89. The number of unbranched alkanes of at least 4 members (excludes halogenated alkanes) is 6. The van der Waals surface area contributed by atoms with E-state index in [2.05, 4.69) is 13.8 Å². The van der Waals surface area contributed by atoms with Crippen molar-refractivity contribution in [1.82, 2.24) is 0 Å². The van der Waals surface area contributed by atoms with Crippen LogP contribution in [0.25, 0.3) is 0 Å². The van der Waals surface area contributed by atoms with E-state index in [1.165, 1.54) is 38.5 Å². The lowest BCUT2D eigenvalue weighted by Gasteiger charge is -2.07. The third-order valence-electron chi connectivity index (χ3n) is 3.79. The summed E-state index contributed by atoms with van der Waals surface area (Å²) in [7, 11) is 0. The van der Waals surface area contributed by atoms with Gasteiger partial charge in [-0.05, 0) is 32.1 Å². The van der Waals surface area contributed by atoms with Gasteiger partial charge in [0, 0.05) is 25.7 Å². The van der Waals surface area contributed by atoms with E-state index in [9.17, 15) is 0 Å². The predicted molar refractivity (Wildman–Crippen MR) is 91.6 cm³/mol. The number of aryl methyl sites for hydroxylation is 1. The van der Waals surface area contributed by atoms with Crippen LogP contribution in [0.15, 0.2) is 16.7 Å². The zero-order valence-corrected chi connectivity index (χ0v) is 14.6. The first-order valence-electron chi connectivity index (χ1n) is 9.15. The van der Waals surface area contributed by atoms with Gasteiger partial charge < -0.3 is 13.9 Å². The molecule has 0 saturated carbocycles. The van der Waals surface area contributed by atoms with Crippen LogP contribution < -0.4 is 4.74 Å². The Morgan fingerprint density at radius 2 is 1.50 bits per heavy atom. The molecule has 1 rings (SSSR count). The van der Waals surface area contributed by atoms with Gasteiger partial charge in [-0.25, -0.2) is 0 Å². The fourth-order valence-corrected chi connectivity index (χ4v) is 2.40. The zero-order chi connectivity index (χ0) is 15.9. The van der Waals surface area contributed by atoms with Crippen molar-refractivity contribution < 1.29 is 13.9 Å². The van der Waals surface area contributed by atoms with E-state index in [-0.39, 0.29) is 0 Å². The SMILES string of the molecule is CCCCCOCCCCCOc1ccoc1CCCCC. The van der Waals surface area contributed by atoms with Crippen LogP contribution in [0.4, 0.5) is 0 Å². The fourth-order valence-electron chi connectivity index (χ4n) is 2.40. The summed E-state index contributed by atoms with van der Waals surface area (Å²) in [6, 6.07) is 1.94. The Labute approximate surface area is 136 Å². The molecule has 0 saturated heterocycles. The summed E-state index contributed by atoms with van der Waals surface area (Å²) in [5, 5.41) is 0. The van der Waals surface area contributed by atoms with E-state index in [0.29, 0.717) is 0 Å². The molecule has 0 radical (unpaired) electrons.